The molecule has 6 heteroatoms. The third-order valence-electron chi connectivity index (χ3n) is 1.32. The van der Waals surface area contributed by atoms with Crippen LogP contribution in [0.2, 0.25) is 0 Å². The molecule has 2 amide bonds. The second-order valence-electron chi connectivity index (χ2n) is 2.47. The standard InChI is InChI=1S/C8H13N3O3/c1-2-5-11(6-7(12)13)8(14)10-4-3-9/h1H,3-6,9H2,(H,10,14)(H,12,13). The van der Waals surface area contributed by atoms with Gasteiger partial charge in [0.25, 0.3) is 0 Å². The first-order valence-corrected chi connectivity index (χ1v) is 4.00. The zero-order valence-electron chi connectivity index (χ0n) is 7.69. The van der Waals surface area contributed by atoms with E-state index in [0.717, 1.165) is 4.90 Å². The van der Waals surface area contributed by atoms with Gasteiger partial charge in [-0.15, -0.1) is 6.42 Å². The number of hydrogen-bond donors (Lipinski definition) is 3. The number of carboxylic acids is 1. The molecule has 0 aliphatic heterocycles. The van der Waals surface area contributed by atoms with E-state index in [0.29, 0.717) is 13.1 Å². The van der Waals surface area contributed by atoms with Gasteiger partial charge in [-0.1, -0.05) is 5.92 Å². The molecule has 0 aromatic rings. The minimum Gasteiger partial charge on any atom is -0.480 e. The highest BCUT2D eigenvalue weighted by Gasteiger charge is 2.14. The van der Waals surface area contributed by atoms with Crippen molar-refractivity contribution in [3.63, 3.8) is 0 Å². The number of carboxylic acid groups (broad SMARTS) is 1. The minimum atomic E-state index is -1.11. The van der Waals surface area contributed by atoms with Crippen LogP contribution in [-0.4, -0.2) is 48.2 Å². The lowest BCUT2D eigenvalue weighted by Gasteiger charge is -2.18. The third-order valence-corrected chi connectivity index (χ3v) is 1.32. The first kappa shape index (κ1) is 12.3. The van der Waals surface area contributed by atoms with E-state index in [1.165, 1.54) is 0 Å². The van der Waals surface area contributed by atoms with Gasteiger partial charge in [0.1, 0.15) is 6.54 Å². The van der Waals surface area contributed by atoms with Gasteiger partial charge in [0, 0.05) is 13.1 Å². The first-order chi connectivity index (χ1) is 6.61. The van der Waals surface area contributed by atoms with E-state index >= 15 is 0 Å². The molecule has 0 unspecified atom stereocenters. The molecular formula is C8H13N3O3. The maximum absolute atomic E-state index is 11.2. The summed E-state index contributed by atoms with van der Waals surface area (Å²) in [5, 5.41) is 10.9. The van der Waals surface area contributed by atoms with Gasteiger partial charge in [-0.05, 0) is 0 Å². The lowest BCUT2D eigenvalue weighted by molar-refractivity contribution is -0.137. The Kier molecular flexibility index (Phi) is 5.90. The van der Waals surface area contributed by atoms with E-state index in [1.54, 1.807) is 0 Å². The van der Waals surface area contributed by atoms with Crippen molar-refractivity contribution in [1.82, 2.24) is 10.2 Å². The van der Waals surface area contributed by atoms with Gasteiger partial charge >= 0.3 is 12.0 Å². The van der Waals surface area contributed by atoms with Crippen molar-refractivity contribution < 1.29 is 14.7 Å². The Hall–Kier alpha value is -1.74. The number of hydrogen-bond acceptors (Lipinski definition) is 3. The van der Waals surface area contributed by atoms with Crippen molar-refractivity contribution in [3.05, 3.63) is 0 Å². The highest BCUT2D eigenvalue weighted by molar-refractivity contribution is 5.80. The molecule has 0 bridgehead atoms. The number of rotatable bonds is 5. The molecule has 6 nitrogen and oxygen atoms in total. The molecule has 14 heavy (non-hydrogen) atoms. The molecule has 0 aromatic heterocycles. The van der Waals surface area contributed by atoms with Crippen LogP contribution >= 0.6 is 0 Å². The molecular weight excluding hydrogens is 186 g/mol. The van der Waals surface area contributed by atoms with Crippen LogP contribution in [0.15, 0.2) is 0 Å². The van der Waals surface area contributed by atoms with Crippen LogP contribution in [0.4, 0.5) is 4.79 Å². The average molecular weight is 199 g/mol. The van der Waals surface area contributed by atoms with Crippen LogP contribution in [-0.2, 0) is 4.79 Å². The molecule has 0 atom stereocenters. The van der Waals surface area contributed by atoms with Crippen molar-refractivity contribution in [1.29, 1.82) is 0 Å². The van der Waals surface area contributed by atoms with Gasteiger partial charge in [-0.2, -0.15) is 0 Å². The monoisotopic (exact) mass is 199 g/mol. The predicted octanol–water partition coefficient (Wildman–Crippen LogP) is -1.33. The molecule has 0 saturated heterocycles. The number of carbonyl (C=O) groups excluding carboxylic acids is 1. The van der Waals surface area contributed by atoms with Gasteiger partial charge in [0.05, 0.1) is 6.54 Å². The largest absolute Gasteiger partial charge is 0.480 e. The Bertz CT molecular complexity index is 247. The number of amides is 2. The zero-order chi connectivity index (χ0) is 11.0. The summed E-state index contributed by atoms with van der Waals surface area (Å²) in [4.78, 5) is 22.6. The van der Waals surface area contributed by atoms with E-state index in [1.807, 2.05) is 0 Å². The van der Waals surface area contributed by atoms with Crippen LogP contribution < -0.4 is 11.1 Å². The van der Waals surface area contributed by atoms with E-state index in [4.69, 9.17) is 17.3 Å². The Morgan fingerprint density at radius 1 is 1.57 bits per heavy atom. The summed E-state index contributed by atoms with van der Waals surface area (Å²) in [6.07, 6.45) is 4.98. The molecule has 78 valence electrons. The summed E-state index contributed by atoms with van der Waals surface area (Å²) in [5.74, 6) is 1.09. The highest BCUT2D eigenvalue weighted by atomic mass is 16.4. The predicted molar refractivity (Wildman–Crippen MR) is 50.5 cm³/mol. The summed E-state index contributed by atoms with van der Waals surface area (Å²) in [7, 11) is 0. The number of nitrogens with one attached hydrogen (secondary N) is 1. The van der Waals surface area contributed by atoms with Crippen LogP contribution in [0.25, 0.3) is 0 Å². The average Bonchev–Trinajstić information content (AvgIpc) is 2.13. The van der Waals surface area contributed by atoms with Crippen molar-refractivity contribution in [3.8, 4) is 12.3 Å². The highest BCUT2D eigenvalue weighted by Crippen LogP contribution is 1.88. The molecule has 0 radical (unpaired) electrons. The normalized spacial score (nSPS) is 8.86. The number of carbonyl (C=O) groups is 2. The Balaban J connectivity index is 4.12. The van der Waals surface area contributed by atoms with E-state index in [2.05, 4.69) is 11.2 Å². The minimum absolute atomic E-state index is 0.0390. The molecule has 0 aromatic carbocycles. The number of aliphatic carboxylic acids is 1. The van der Waals surface area contributed by atoms with Crippen molar-refractivity contribution in [2.75, 3.05) is 26.2 Å². The number of urea groups is 1. The van der Waals surface area contributed by atoms with Crippen LogP contribution in [0.5, 0.6) is 0 Å². The van der Waals surface area contributed by atoms with Gasteiger partial charge in [0.2, 0.25) is 0 Å². The molecule has 4 N–H and O–H groups in total. The molecule has 0 rings (SSSR count). The Morgan fingerprint density at radius 3 is 2.64 bits per heavy atom. The summed E-state index contributed by atoms with van der Waals surface area (Å²) in [5.41, 5.74) is 5.16. The van der Waals surface area contributed by atoms with Crippen LogP contribution in [0, 0.1) is 12.3 Å². The summed E-state index contributed by atoms with van der Waals surface area (Å²) >= 11 is 0. The maximum Gasteiger partial charge on any atom is 0.323 e. The molecule has 0 fully saturated rings. The van der Waals surface area contributed by atoms with Crippen LogP contribution in [0.1, 0.15) is 0 Å². The molecule has 0 aliphatic carbocycles. The lowest BCUT2D eigenvalue weighted by atomic mass is 10.5. The van der Waals surface area contributed by atoms with Crippen molar-refractivity contribution in [2.45, 2.75) is 0 Å². The lowest BCUT2D eigenvalue weighted by Crippen LogP contribution is -2.44. The van der Waals surface area contributed by atoms with Crippen LogP contribution in [0.3, 0.4) is 0 Å². The quantitative estimate of drug-likeness (QED) is 0.478. The van der Waals surface area contributed by atoms with Gasteiger partial charge in [-0.25, -0.2) is 4.79 Å². The summed E-state index contributed by atoms with van der Waals surface area (Å²) in [6, 6.07) is -0.518. The number of nitrogens with zero attached hydrogens (tertiary/aromatic N) is 1. The fraction of sp³-hybridized carbons (Fsp3) is 0.500. The summed E-state index contributed by atoms with van der Waals surface area (Å²) < 4.78 is 0. The first-order valence-electron chi connectivity index (χ1n) is 4.00. The molecule has 0 aliphatic rings. The SMILES string of the molecule is C#CCN(CC(=O)O)C(=O)NCCN. The second kappa shape index (κ2) is 6.74. The fourth-order valence-corrected chi connectivity index (χ4v) is 0.764. The topological polar surface area (TPSA) is 95.7 Å². The van der Waals surface area contributed by atoms with E-state index in [9.17, 15) is 9.59 Å². The zero-order valence-corrected chi connectivity index (χ0v) is 7.69. The third kappa shape index (κ3) is 5.00. The van der Waals surface area contributed by atoms with Gasteiger partial charge in [-0.3, -0.25) is 4.79 Å². The molecule has 0 heterocycles. The van der Waals surface area contributed by atoms with Crippen molar-refractivity contribution >= 4 is 12.0 Å². The smallest absolute Gasteiger partial charge is 0.323 e. The number of terminal acetylenes is 1. The van der Waals surface area contributed by atoms with Gasteiger partial charge in [0.15, 0.2) is 0 Å². The second-order valence-corrected chi connectivity index (χ2v) is 2.47. The fourth-order valence-electron chi connectivity index (χ4n) is 0.764. The molecule has 0 spiro atoms. The maximum atomic E-state index is 11.2. The Morgan fingerprint density at radius 2 is 2.21 bits per heavy atom. The number of nitrogens with two attached hydrogens (primary N) is 1. The van der Waals surface area contributed by atoms with E-state index < -0.39 is 18.5 Å². The van der Waals surface area contributed by atoms with Crippen molar-refractivity contribution in [2.24, 2.45) is 5.73 Å². The Labute approximate surface area is 82.1 Å². The van der Waals surface area contributed by atoms with E-state index in [-0.39, 0.29) is 6.54 Å². The van der Waals surface area contributed by atoms with Gasteiger partial charge < -0.3 is 21.1 Å². The molecule has 0 saturated carbocycles. The summed E-state index contributed by atoms with van der Waals surface area (Å²) in [6.45, 7) is 0.130.